The van der Waals surface area contributed by atoms with Crippen molar-refractivity contribution >= 4 is 11.8 Å². The Morgan fingerprint density at radius 3 is 2.67 bits per heavy atom. The summed E-state index contributed by atoms with van der Waals surface area (Å²) in [6, 6.07) is 0.537. The fourth-order valence-corrected chi connectivity index (χ4v) is 3.35. The van der Waals surface area contributed by atoms with Crippen molar-refractivity contribution in [2.24, 2.45) is 0 Å². The molecular weight excluding hydrogens is 268 g/mol. The van der Waals surface area contributed by atoms with Crippen LogP contribution in [0.3, 0.4) is 0 Å². The minimum atomic E-state index is -0.000525. The number of carbonyl (C=O) groups is 2. The number of hydrogen-bond donors (Lipinski definition) is 3. The predicted octanol–water partition coefficient (Wildman–Crippen LogP) is -0.155. The summed E-state index contributed by atoms with van der Waals surface area (Å²) in [5, 5.41) is 9.04. The summed E-state index contributed by atoms with van der Waals surface area (Å²) in [4.78, 5) is 26.1. The molecule has 0 spiro atoms. The molecule has 1 unspecified atom stereocenters. The number of nitrogens with zero attached hydrogens (tertiary/aromatic N) is 1. The fraction of sp³-hybridized carbons (Fsp3) is 0.867. The summed E-state index contributed by atoms with van der Waals surface area (Å²) >= 11 is 0. The molecule has 2 rings (SSSR count). The van der Waals surface area contributed by atoms with Crippen LogP contribution in [0.25, 0.3) is 0 Å². The van der Waals surface area contributed by atoms with Crippen LogP contribution in [0, 0.1) is 0 Å². The number of amides is 2. The summed E-state index contributed by atoms with van der Waals surface area (Å²) in [6.07, 6.45) is 4.65. The number of carbonyl (C=O) groups excluding carboxylic acids is 2. The molecule has 6 heteroatoms. The standard InChI is InChI=1S/C15H28N4O2/c1-2-17-14(20)7-10-18-15(21)13-4-3-11-19(13)12-5-8-16-9-6-12/h12-13,16H,2-11H2,1H3,(H,17,20)(H,18,21). The molecule has 0 bridgehead atoms. The molecule has 2 saturated heterocycles. The van der Waals surface area contributed by atoms with E-state index < -0.39 is 0 Å². The van der Waals surface area contributed by atoms with Crippen molar-refractivity contribution in [2.75, 3.05) is 32.7 Å². The Hall–Kier alpha value is -1.14. The van der Waals surface area contributed by atoms with Gasteiger partial charge in [-0.05, 0) is 52.2 Å². The van der Waals surface area contributed by atoms with Crippen LogP contribution >= 0.6 is 0 Å². The van der Waals surface area contributed by atoms with Gasteiger partial charge in [0.15, 0.2) is 0 Å². The number of rotatable bonds is 6. The zero-order chi connectivity index (χ0) is 15.1. The van der Waals surface area contributed by atoms with E-state index in [1.165, 1.54) is 0 Å². The molecule has 0 saturated carbocycles. The van der Waals surface area contributed by atoms with Crippen molar-refractivity contribution in [3.8, 4) is 0 Å². The van der Waals surface area contributed by atoms with Gasteiger partial charge in [0.05, 0.1) is 6.04 Å². The number of piperidine rings is 1. The molecule has 6 nitrogen and oxygen atoms in total. The molecule has 0 radical (unpaired) electrons. The van der Waals surface area contributed by atoms with Gasteiger partial charge < -0.3 is 16.0 Å². The average molecular weight is 296 g/mol. The van der Waals surface area contributed by atoms with Gasteiger partial charge in [-0.3, -0.25) is 14.5 Å². The summed E-state index contributed by atoms with van der Waals surface area (Å²) in [5.41, 5.74) is 0. The molecule has 2 aliphatic rings. The number of hydrogen-bond acceptors (Lipinski definition) is 4. The van der Waals surface area contributed by atoms with Gasteiger partial charge in [-0.15, -0.1) is 0 Å². The van der Waals surface area contributed by atoms with Gasteiger partial charge in [-0.2, -0.15) is 0 Å². The lowest BCUT2D eigenvalue weighted by atomic mass is 10.0. The molecule has 2 amide bonds. The average Bonchev–Trinajstić information content (AvgIpc) is 2.98. The lowest BCUT2D eigenvalue weighted by Gasteiger charge is -2.35. The zero-order valence-electron chi connectivity index (χ0n) is 13.0. The number of likely N-dealkylation sites (tertiary alicyclic amines) is 1. The highest BCUT2D eigenvalue weighted by Gasteiger charge is 2.35. The predicted molar refractivity (Wildman–Crippen MR) is 81.9 cm³/mol. The Morgan fingerprint density at radius 1 is 1.19 bits per heavy atom. The molecule has 21 heavy (non-hydrogen) atoms. The van der Waals surface area contributed by atoms with Gasteiger partial charge >= 0.3 is 0 Å². The summed E-state index contributed by atoms with van der Waals surface area (Å²) in [7, 11) is 0. The monoisotopic (exact) mass is 296 g/mol. The summed E-state index contributed by atoms with van der Waals surface area (Å²) in [5.74, 6) is 0.0924. The molecule has 2 heterocycles. The third-order valence-corrected chi connectivity index (χ3v) is 4.40. The van der Waals surface area contributed by atoms with Crippen LogP contribution in [0.5, 0.6) is 0 Å². The first kappa shape index (κ1) is 16.2. The minimum absolute atomic E-state index is 0.000525. The van der Waals surface area contributed by atoms with Gasteiger partial charge in [0.2, 0.25) is 11.8 Å². The largest absolute Gasteiger partial charge is 0.356 e. The fourth-order valence-electron chi connectivity index (χ4n) is 3.35. The van der Waals surface area contributed by atoms with Crippen molar-refractivity contribution in [1.29, 1.82) is 0 Å². The van der Waals surface area contributed by atoms with Crippen molar-refractivity contribution in [3.63, 3.8) is 0 Å². The number of nitrogens with one attached hydrogen (secondary N) is 3. The third-order valence-electron chi connectivity index (χ3n) is 4.40. The quantitative estimate of drug-likeness (QED) is 0.637. The van der Waals surface area contributed by atoms with E-state index in [4.69, 9.17) is 0 Å². The first-order chi connectivity index (χ1) is 10.2. The first-order valence-corrected chi connectivity index (χ1v) is 8.23. The van der Waals surface area contributed by atoms with Crippen LogP contribution in [0.1, 0.15) is 39.0 Å². The highest BCUT2D eigenvalue weighted by Crippen LogP contribution is 2.24. The zero-order valence-corrected chi connectivity index (χ0v) is 13.0. The Balaban J connectivity index is 1.76. The van der Waals surface area contributed by atoms with Gasteiger partial charge in [0.1, 0.15) is 0 Å². The Bertz CT molecular complexity index is 356. The second-order valence-corrected chi connectivity index (χ2v) is 5.87. The minimum Gasteiger partial charge on any atom is -0.356 e. The highest BCUT2D eigenvalue weighted by atomic mass is 16.2. The molecule has 3 N–H and O–H groups in total. The molecule has 120 valence electrons. The van der Waals surface area contributed by atoms with Crippen LogP contribution in [0.4, 0.5) is 0 Å². The van der Waals surface area contributed by atoms with E-state index in [1.807, 2.05) is 6.92 Å². The Kier molecular flexibility index (Phi) is 6.45. The van der Waals surface area contributed by atoms with Crippen LogP contribution < -0.4 is 16.0 Å². The van der Waals surface area contributed by atoms with Gasteiger partial charge in [-0.25, -0.2) is 0 Å². The second kappa shape index (κ2) is 8.34. The molecule has 0 aromatic rings. The van der Waals surface area contributed by atoms with Gasteiger partial charge in [0, 0.05) is 25.6 Å². The van der Waals surface area contributed by atoms with E-state index in [0.29, 0.717) is 25.6 Å². The molecule has 0 aliphatic carbocycles. The van der Waals surface area contributed by atoms with Gasteiger partial charge in [0.25, 0.3) is 0 Å². The Labute approximate surface area is 127 Å². The molecule has 0 aromatic heterocycles. The molecule has 1 atom stereocenters. The normalized spacial score (nSPS) is 24.0. The smallest absolute Gasteiger partial charge is 0.237 e. The third kappa shape index (κ3) is 4.68. The second-order valence-electron chi connectivity index (χ2n) is 5.87. The van der Waals surface area contributed by atoms with Crippen molar-refractivity contribution in [2.45, 2.75) is 51.1 Å². The molecule has 2 aliphatic heterocycles. The lowest BCUT2D eigenvalue weighted by Crippen LogP contribution is -2.51. The maximum absolute atomic E-state index is 12.3. The van der Waals surface area contributed by atoms with Crippen LogP contribution in [-0.4, -0.2) is 61.5 Å². The molecule has 0 aromatic carbocycles. The Morgan fingerprint density at radius 2 is 1.95 bits per heavy atom. The highest BCUT2D eigenvalue weighted by molar-refractivity contribution is 5.83. The maximum Gasteiger partial charge on any atom is 0.237 e. The van der Waals surface area contributed by atoms with E-state index in [0.717, 1.165) is 45.3 Å². The van der Waals surface area contributed by atoms with E-state index in [1.54, 1.807) is 0 Å². The van der Waals surface area contributed by atoms with E-state index in [9.17, 15) is 9.59 Å². The van der Waals surface area contributed by atoms with Crippen molar-refractivity contribution in [1.82, 2.24) is 20.9 Å². The van der Waals surface area contributed by atoms with E-state index in [-0.39, 0.29) is 17.9 Å². The summed E-state index contributed by atoms with van der Waals surface area (Å²) < 4.78 is 0. The maximum atomic E-state index is 12.3. The first-order valence-electron chi connectivity index (χ1n) is 8.23. The van der Waals surface area contributed by atoms with Crippen LogP contribution in [0.15, 0.2) is 0 Å². The van der Waals surface area contributed by atoms with E-state index in [2.05, 4.69) is 20.9 Å². The van der Waals surface area contributed by atoms with Crippen LogP contribution in [-0.2, 0) is 9.59 Å². The van der Waals surface area contributed by atoms with E-state index >= 15 is 0 Å². The molecular formula is C15H28N4O2. The SMILES string of the molecule is CCNC(=O)CCNC(=O)C1CCCN1C1CCNCC1. The summed E-state index contributed by atoms with van der Waals surface area (Å²) in [6.45, 7) is 6.09. The van der Waals surface area contributed by atoms with Crippen molar-refractivity contribution < 1.29 is 9.59 Å². The van der Waals surface area contributed by atoms with Gasteiger partial charge in [-0.1, -0.05) is 0 Å². The molecule has 2 fully saturated rings. The van der Waals surface area contributed by atoms with Crippen LogP contribution in [0.2, 0.25) is 0 Å². The van der Waals surface area contributed by atoms with Crippen molar-refractivity contribution in [3.05, 3.63) is 0 Å². The lowest BCUT2D eigenvalue weighted by molar-refractivity contribution is -0.126. The topological polar surface area (TPSA) is 73.5 Å².